The van der Waals surface area contributed by atoms with Gasteiger partial charge in [-0.2, -0.15) is 0 Å². The number of benzene rings is 1. The number of likely N-dealkylation sites (N-methyl/N-ethyl adjacent to an activating group) is 1. The summed E-state index contributed by atoms with van der Waals surface area (Å²) in [4.78, 5) is 13.9. The summed E-state index contributed by atoms with van der Waals surface area (Å²) < 4.78 is 10.9. The number of ether oxygens (including phenoxy) is 1. The Hall–Kier alpha value is -1.98. The summed E-state index contributed by atoms with van der Waals surface area (Å²) in [6.07, 6.45) is 1.62. The number of hydrogen-bond donors (Lipinski definition) is 1. The molecule has 0 aliphatic heterocycles. The molecule has 0 saturated carbocycles. The molecule has 1 aromatic heterocycles. The molecule has 1 amide bonds. The second-order valence-electron chi connectivity index (χ2n) is 5.50. The van der Waals surface area contributed by atoms with Gasteiger partial charge >= 0.3 is 0 Å². The molecule has 5 nitrogen and oxygen atoms in total. The smallest absolute Gasteiger partial charge is 0.258 e. The first-order valence-electron chi connectivity index (χ1n) is 7.33. The second kappa shape index (κ2) is 8.04. The van der Waals surface area contributed by atoms with Gasteiger partial charge in [0, 0.05) is 11.6 Å². The molecular weight excluding hydrogens is 316 g/mol. The highest BCUT2D eigenvalue weighted by Gasteiger charge is 2.17. The summed E-state index contributed by atoms with van der Waals surface area (Å²) in [7, 11) is 3.87. The van der Waals surface area contributed by atoms with Gasteiger partial charge in [-0.25, -0.2) is 0 Å². The highest BCUT2D eigenvalue weighted by Crippen LogP contribution is 2.21. The van der Waals surface area contributed by atoms with Crippen molar-refractivity contribution in [3.63, 3.8) is 0 Å². The second-order valence-corrected chi connectivity index (χ2v) is 5.91. The molecule has 6 heteroatoms. The normalized spacial score (nSPS) is 12.2. The molecule has 0 saturated heterocycles. The minimum atomic E-state index is -0.184. The maximum Gasteiger partial charge on any atom is 0.258 e. The Morgan fingerprint density at radius 1 is 1.39 bits per heavy atom. The van der Waals surface area contributed by atoms with E-state index in [0.29, 0.717) is 17.3 Å². The van der Waals surface area contributed by atoms with E-state index in [9.17, 15) is 4.79 Å². The Bertz CT molecular complexity index is 641. The van der Waals surface area contributed by atoms with Gasteiger partial charge in [-0.3, -0.25) is 9.69 Å². The molecule has 1 aromatic carbocycles. The number of amides is 1. The van der Waals surface area contributed by atoms with Crippen molar-refractivity contribution >= 4 is 17.5 Å². The zero-order chi connectivity index (χ0) is 16.8. The van der Waals surface area contributed by atoms with Gasteiger partial charge in [-0.05, 0) is 56.9 Å². The minimum Gasteiger partial charge on any atom is -0.484 e. The summed E-state index contributed by atoms with van der Waals surface area (Å²) >= 11 is 5.96. The number of carbonyl (C=O) groups excluding carboxylic acids is 1. The van der Waals surface area contributed by atoms with E-state index in [4.69, 9.17) is 20.8 Å². The molecule has 2 rings (SSSR count). The van der Waals surface area contributed by atoms with Gasteiger partial charge in [0.1, 0.15) is 11.5 Å². The summed E-state index contributed by atoms with van der Waals surface area (Å²) in [5.41, 5.74) is 0.912. The lowest BCUT2D eigenvalue weighted by atomic mass is 10.2. The third kappa shape index (κ3) is 5.01. The molecule has 0 radical (unpaired) electrons. The first-order chi connectivity index (χ1) is 11.0. The lowest BCUT2D eigenvalue weighted by Gasteiger charge is -2.22. The van der Waals surface area contributed by atoms with Crippen LogP contribution in [0.1, 0.15) is 17.4 Å². The molecule has 23 heavy (non-hydrogen) atoms. The van der Waals surface area contributed by atoms with E-state index in [0.717, 1.165) is 11.3 Å². The number of nitrogens with zero attached hydrogens (tertiary/aromatic N) is 1. The van der Waals surface area contributed by atoms with E-state index < -0.39 is 0 Å². The van der Waals surface area contributed by atoms with Crippen LogP contribution in [0.3, 0.4) is 0 Å². The van der Waals surface area contributed by atoms with Gasteiger partial charge in [0.05, 0.1) is 12.3 Å². The van der Waals surface area contributed by atoms with Crippen molar-refractivity contribution in [3.8, 4) is 5.75 Å². The first kappa shape index (κ1) is 17.4. The van der Waals surface area contributed by atoms with E-state index in [2.05, 4.69) is 5.32 Å². The number of rotatable bonds is 7. The Balaban J connectivity index is 1.83. The molecule has 0 fully saturated rings. The standard InChI is InChI=1S/C17H21ClN2O3/c1-12-9-13(6-7-14(12)18)23-11-17(21)19-10-15(20(2)3)16-5-4-8-22-16/h4-9,15H,10-11H2,1-3H3,(H,19,21)/t15-/m1/s1. The van der Waals surface area contributed by atoms with Crippen LogP contribution in [0.4, 0.5) is 0 Å². The molecule has 0 aliphatic rings. The fourth-order valence-electron chi connectivity index (χ4n) is 2.14. The number of carbonyl (C=O) groups is 1. The van der Waals surface area contributed by atoms with Gasteiger partial charge in [0.25, 0.3) is 5.91 Å². The minimum absolute atomic E-state index is 0.0215. The predicted octanol–water partition coefficient (Wildman–Crippen LogP) is 3.04. The number of hydrogen-bond acceptors (Lipinski definition) is 4. The highest BCUT2D eigenvalue weighted by molar-refractivity contribution is 6.31. The molecule has 0 bridgehead atoms. The first-order valence-corrected chi connectivity index (χ1v) is 7.70. The van der Waals surface area contributed by atoms with Gasteiger partial charge in [-0.15, -0.1) is 0 Å². The Morgan fingerprint density at radius 2 is 2.17 bits per heavy atom. The van der Waals surface area contributed by atoms with Crippen LogP contribution < -0.4 is 10.1 Å². The molecule has 0 aliphatic carbocycles. The van der Waals surface area contributed by atoms with Crippen LogP contribution in [0, 0.1) is 6.92 Å². The van der Waals surface area contributed by atoms with Crippen LogP contribution in [-0.4, -0.2) is 38.1 Å². The number of aryl methyl sites for hydroxylation is 1. The molecular formula is C17H21ClN2O3. The SMILES string of the molecule is Cc1cc(OCC(=O)NC[C@H](c2ccco2)N(C)C)ccc1Cl. The van der Waals surface area contributed by atoms with Gasteiger partial charge in [0.15, 0.2) is 6.61 Å². The Labute approximate surface area is 141 Å². The topological polar surface area (TPSA) is 54.7 Å². The molecule has 2 aromatic rings. The van der Waals surface area contributed by atoms with Gasteiger partial charge in [0.2, 0.25) is 0 Å². The molecule has 0 unspecified atom stereocenters. The van der Waals surface area contributed by atoms with Crippen molar-refractivity contribution in [1.82, 2.24) is 10.2 Å². The zero-order valence-electron chi connectivity index (χ0n) is 13.5. The van der Waals surface area contributed by atoms with E-state index in [1.54, 1.807) is 24.5 Å². The van der Waals surface area contributed by atoms with Crippen LogP contribution in [0.15, 0.2) is 41.0 Å². The molecule has 0 spiro atoms. The zero-order valence-corrected chi connectivity index (χ0v) is 14.3. The summed E-state index contributed by atoms with van der Waals surface area (Å²) in [6.45, 7) is 2.29. The lowest BCUT2D eigenvalue weighted by Crippen LogP contribution is -2.36. The Morgan fingerprint density at radius 3 is 2.78 bits per heavy atom. The van der Waals surface area contributed by atoms with Crippen LogP contribution >= 0.6 is 11.6 Å². The third-order valence-electron chi connectivity index (χ3n) is 3.49. The van der Waals surface area contributed by atoms with Gasteiger partial charge in [-0.1, -0.05) is 11.6 Å². The number of halogens is 1. The monoisotopic (exact) mass is 336 g/mol. The number of nitrogens with one attached hydrogen (secondary N) is 1. The molecule has 1 heterocycles. The van der Waals surface area contributed by atoms with E-state index >= 15 is 0 Å². The predicted molar refractivity (Wildman–Crippen MR) is 89.8 cm³/mol. The van der Waals surface area contributed by atoms with Crippen molar-refractivity contribution in [3.05, 3.63) is 52.9 Å². The van der Waals surface area contributed by atoms with Crippen LogP contribution in [0.2, 0.25) is 5.02 Å². The van der Waals surface area contributed by atoms with E-state index in [1.165, 1.54) is 0 Å². The lowest BCUT2D eigenvalue weighted by molar-refractivity contribution is -0.123. The van der Waals surface area contributed by atoms with E-state index in [1.807, 2.05) is 38.1 Å². The molecule has 1 N–H and O–H groups in total. The summed E-state index contributed by atoms with van der Waals surface area (Å²) in [5, 5.41) is 3.53. The summed E-state index contributed by atoms with van der Waals surface area (Å²) in [6, 6.07) is 9.01. The fourth-order valence-corrected chi connectivity index (χ4v) is 2.25. The number of furan rings is 1. The van der Waals surface area contributed by atoms with Gasteiger partial charge < -0.3 is 14.5 Å². The largest absolute Gasteiger partial charge is 0.484 e. The van der Waals surface area contributed by atoms with Crippen molar-refractivity contribution in [2.24, 2.45) is 0 Å². The summed E-state index contributed by atoms with van der Waals surface area (Å²) in [5.74, 6) is 1.25. The van der Waals surface area contributed by atoms with E-state index in [-0.39, 0.29) is 18.6 Å². The van der Waals surface area contributed by atoms with Crippen LogP contribution in [0.5, 0.6) is 5.75 Å². The van der Waals surface area contributed by atoms with Crippen molar-refractivity contribution in [2.75, 3.05) is 27.2 Å². The van der Waals surface area contributed by atoms with Crippen LogP contribution in [0.25, 0.3) is 0 Å². The average Bonchev–Trinajstić information content (AvgIpc) is 3.02. The molecule has 1 atom stereocenters. The van der Waals surface area contributed by atoms with Crippen LogP contribution in [-0.2, 0) is 4.79 Å². The van der Waals surface area contributed by atoms with Crippen molar-refractivity contribution in [1.29, 1.82) is 0 Å². The van der Waals surface area contributed by atoms with Crippen molar-refractivity contribution in [2.45, 2.75) is 13.0 Å². The average molecular weight is 337 g/mol. The van der Waals surface area contributed by atoms with Crippen molar-refractivity contribution < 1.29 is 13.9 Å². The highest BCUT2D eigenvalue weighted by atomic mass is 35.5. The Kier molecular flexibility index (Phi) is 6.07. The maximum absolute atomic E-state index is 12.0. The maximum atomic E-state index is 12.0. The quantitative estimate of drug-likeness (QED) is 0.844. The molecule has 124 valence electrons. The third-order valence-corrected chi connectivity index (χ3v) is 3.91. The fraction of sp³-hybridized carbons (Fsp3) is 0.353.